The third-order valence-electron chi connectivity index (χ3n) is 4.53. The van der Waals surface area contributed by atoms with Gasteiger partial charge >= 0.3 is 0 Å². The number of ether oxygens (including phenoxy) is 1. The van der Waals surface area contributed by atoms with E-state index in [1.165, 1.54) is 11.3 Å². The Kier molecular flexibility index (Phi) is 5.75. The first-order chi connectivity index (χ1) is 12.9. The SMILES string of the molecule is CCOc1ccc(CN(C)C(=O)c2sc3nc(CC)nc(C)c3c2C)cc1. The summed E-state index contributed by atoms with van der Waals surface area (Å²) in [6.07, 6.45) is 0.786. The van der Waals surface area contributed by atoms with Gasteiger partial charge in [-0.3, -0.25) is 4.79 Å². The average molecular weight is 384 g/mol. The van der Waals surface area contributed by atoms with Crippen molar-refractivity contribution in [3.63, 3.8) is 0 Å². The minimum absolute atomic E-state index is 0.0156. The Morgan fingerprint density at radius 1 is 1.15 bits per heavy atom. The molecule has 1 amide bonds. The molecule has 0 radical (unpaired) electrons. The van der Waals surface area contributed by atoms with Crippen LogP contribution in [-0.2, 0) is 13.0 Å². The lowest BCUT2D eigenvalue weighted by atomic mass is 10.1. The van der Waals surface area contributed by atoms with Crippen molar-refractivity contribution in [3.8, 4) is 5.75 Å². The molecule has 142 valence electrons. The first kappa shape index (κ1) is 19.3. The summed E-state index contributed by atoms with van der Waals surface area (Å²) in [6, 6.07) is 7.87. The highest BCUT2D eigenvalue weighted by atomic mass is 32.1. The lowest BCUT2D eigenvalue weighted by molar-refractivity contribution is 0.0789. The number of thiophene rings is 1. The fourth-order valence-corrected chi connectivity index (χ4v) is 4.38. The van der Waals surface area contributed by atoms with Crippen molar-refractivity contribution in [3.05, 3.63) is 51.8 Å². The molecule has 0 atom stereocenters. The third kappa shape index (κ3) is 3.95. The quantitative estimate of drug-likeness (QED) is 0.627. The molecule has 1 aromatic carbocycles. The fourth-order valence-electron chi connectivity index (χ4n) is 3.13. The molecule has 0 aliphatic carbocycles. The summed E-state index contributed by atoms with van der Waals surface area (Å²) in [7, 11) is 1.83. The minimum Gasteiger partial charge on any atom is -0.494 e. The van der Waals surface area contributed by atoms with Crippen molar-refractivity contribution in [2.75, 3.05) is 13.7 Å². The number of carbonyl (C=O) groups excluding carboxylic acids is 1. The van der Waals surface area contributed by atoms with Crippen LogP contribution >= 0.6 is 11.3 Å². The standard InChI is InChI=1S/C21H25N3O2S/c1-6-17-22-14(4)18-13(3)19(27-20(18)23-17)21(25)24(5)12-15-8-10-16(11-9-15)26-7-2/h8-11H,6-7,12H2,1-5H3. The summed E-state index contributed by atoms with van der Waals surface area (Å²) in [4.78, 5) is 25.6. The maximum atomic E-state index is 13.0. The van der Waals surface area contributed by atoms with Crippen LogP contribution in [0, 0.1) is 13.8 Å². The molecule has 0 aliphatic heterocycles. The highest BCUT2D eigenvalue weighted by Crippen LogP contribution is 2.32. The Balaban J connectivity index is 1.84. The number of aryl methyl sites for hydroxylation is 3. The molecule has 5 nitrogen and oxygen atoms in total. The van der Waals surface area contributed by atoms with E-state index >= 15 is 0 Å². The van der Waals surface area contributed by atoms with E-state index in [1.807, 2.05) is 59.0 Å². The van der Waals surface area contributed by atoms with Crippen LogP contribution in [0.25, 0.3) is 10.2 Å². The van der Waals surface area contributed by atoms with E-state index in [0.29, 0.717) is 13.2 Å². The van der Waals surface area contributed by atoms with Crippen LogP contribution < -0.4 is 4.74 Å². The molecule has 0 saturated carbocycles. The molecular formula is C21H25N3O2S. The predicted molar refractivity (Wildman–Crippen MR) is 110 cm³/mol. The summed E-state index contributed by atoms with van der Waals surface area (Å²) in [6.45, 7) is 9.16. The number of carbonyl (C=O) groups is 1. The molecule has 0 unspecified atom stereocenters. The van der Waals surface area contributed by atoms with Crippen LogP contribution in [-0.4, -0.2) is 34.4 Å². The van der Waals surface area contributed by atoms with Gasteiger partial charge in [0.05, 0.1) is 11.5 Å². The number of rotatable bonds is 6. The first-order valence-electron chi connectivity index (χ1n) is 9.18. The van der Waals surface area contributed by atoms with Gasteiger partial charge in [-0.05, 0) is 44.0 Å². The highest BCUT2D eigenvalue weighted by Gasteiger charge is 2.21. The number of amides is 1. The normalized spacial score (nSPS) is 11.0. The van der Waals surface area contributed by atoms with Crippen LogP contribution in [0.15, 0.2) is 24.3 Å². The molecule has 27 heavy (non-hydrogen) atoms. The Hall–Kier alpha value is -2.47. The monoisotopic (exact) mass is 383 g/mol. The minimum atomic E-state index is 0.0156. The van der Waals surface area contributed by atoms with Crippen LogP contribution in [0.1, 0.15) is 46.2 Å². The fraction of sp³-hybridized carbons (Fsp3) is 0.381. The average Bonchev–Trinajstić information content (AvgIpc) is 2.99. The summed E-state index contributed by atoms with van der Waals surface area (Å²) in [5.41, 5.74) is 2.98. The van der Waals surface area contributed by atoms with Gasteiger partial charge in [-0.25, -0.2) is 9.97 Å². The molecule has 6 heteroatoms. The summed E-state index contributed by atoms with van der Waals surface area (Å²) >= 11 is 1.46. The molecule has 0 spiro atoms. The van der Waals surface area contributed by atoms with Crippen molar-refractivity contribution in [1.82, 2.24) is 14.9 Å². The second kappa shape index (κ2) is 8.05. The van der Waals surface area contributed by atoms with Gasteiger partial charge in [-0.1, -0.05) is 19.1 Å². The molecule has 0 bridgehead atoms. The first-order valence-corrected chi connectivity index (χ1v) is 10.00. The second-order valence-corrected chi connectivity index (χ2v) is 7.55. The van der Waals surface area contributed by atoms with Crippen molar-refractivity contribution < 1.29 is 9.53 Å². The van der Waals surface area contributed by atoms with E-state index in [2.05, 4.69) is 9.97 Å². The number of hydrogen-bond acceptors (Lipinski definition) is 5. The smallest absolute Gasteiger partial charge is 0.264 e. The maximum Gasteiger partial charge on any atom is 0.264 e. The van der Waals surface area contributed by atoms with Crippen LogP contribution in [0.3, 0.4) is 0 Å². The molecule has 0 aliphatic rings. The van der Waals surface area contributed by atoms with Gasteiger partial charge in [0.2, 0.25) is 0 Å². The maximum absolute atomic E-state index is 13.0. The number of hydrogen-bond donors (Lipinski definition) is 0. The Bertz CT molecular complexity index is 964. The Morgan fingerprint density at radius 3 is 2.48 bits per heavy atom. The number of aromatic nitrogens is 2. The zero-order valence-corrected chi connectivity index (χ0v) is 17.3. The Morgan fingerprint density at radius 2 is 1.85 bits per heavy atom. The van der Waals surface area contributed by atoms with Gasteiger partial charge in [0.1, 0.15) is 16.4 Å². The molecule has 0 saturated heterocycles. The van der Waals surface area contributed by atoms with Gasteiger partial charge < -0.3 is 9.64 Å². The lowest BCUT2D eigenvalue weighted by Crippen LogP contribution is -2.25. The largest absolute Gasteiger partial charge is 0.494 e. The van der Waals surface area contributed by atoms with Gasteiger partial charge in [0.25, 0.3) is 5.91 Å². The van der Waals surface area contributed by atoms with Crippen LogP contribution in [0.5, 0.6) is 5.75 Å². The van der Waals surface area contributed by atoms with E-state index in [9.17, 15) is 4.79 Å². The summed E-state index contributed by atoms with van der Waals surface area (Å²) < 4.78 is 5.47. The number of fused-ring (bicyclic) bond motifs is 1. The van der Waals surface area contributed by atoms with E-state index in [-0.39, 0.29) is 5.91 Å². The highest BCUT2D eigenvalue weighted by molar-refractivity contribution is 7.20. The zero-order valence-electron chi connectivity index (χ0n) is 16.5. The summed E-state index contributed by atoms with van der Waals surface area (Å²) in [5.74, 6) is 1.68. The van der Waals surface area contributed by atoms with Crippen molar-refractivity contribution in [2.24, 2.45) is 0 Å². The van der Waals surface area contributed by atoms with E-state index < -0.39 is 0 Å². The number of nitrogens with zero attached hydrogens (tertiary/aromatic N) is 3. The van der Waals surface area contributed by atoms with Crippen molar-refractivity contribution in [2.45, 2.75) is 40.7 Å². The second-order valence-electron chi connectivity index (χ2n) is 6.55. The molecular weight excluding hydrogens is 358 g/mol. The zero-order chi connectivity index (χ0) is 19.6. The lowest BCUT2D eigenvalue weighted by Gasteiger charge is -2.17. The van der Waals surface area contributed by atoms with Gasteiger partial charge in [0, 0.05) is 31.1 Å². The predicted octanol–water partition coefficient (Wildman–Crippen LogP) is 4.54. The Labute approximate surface area is 164 Å². The van der Waals surface area contributed by atoms with Crippen LogP contribution in [0.4, 0.5) is 0 Å². The van der Waals surface area contributed by atoms with Gasteiger partial charge in [-0.2, -0.15) is 0 Å². The van der Waals surface area contributed by atoms with E-state index in [4.69, 9.17) is 4.74 Å². The molecule has 3 rings (SSSR count). The molecule has 2 heterocycles. The molecule has 2 aromatic heterocycles. The molecule has 3 aromatic rings. The van der Waals surface area contributed by atoms with E-state index in [0.717, 1.165) is 49.9 Å². The molecule has 0 N–H and O–H groups in total. The number of benzene rings is 1. The van der Waals surface area contributed by atoms with Gasteiger partial charge in [-0.15, -0.1) is 11.3 Å². The van der Waals surface area contributed by atoms with Crippen molar-refractivity contribution in [1.29, 1.82) is 0 Å². The third-order valence-corrected chi connectivity index (χ3v) is 5.70. The van der Waals surface area contributed by atoms with Crippen molar-refractivity contribution >= 4 is 27.5 Å². The molecule has 0 fully saturated rings. The van der Waals surface area contributed by atoms with Crippen LogP contribution in [0.2, 0.25) is 0 Å². The topological polar surface area (TPSA) is 55.3 Å². The van der Waals surface area contributed by atoms with E-state index in [1.54, 1.807) is 4.90 Å². The van der Waals surface area contributed by atoms with Gasteiger partial charge in [0.15, 0.2) is 0 Å². The summed E-state index contributed by atoms with van der Waals surface area (Å²) in [5, 5.41) is 1.01.